The van der Waals surface area contributed by atoms with Crippen molar-refractivity contribution < 1.29 is 71.6 Å². The zero-order chi connectivity index (χ0) is 100. The van der Waals surface area contributed by atoms with Crippen molar-refractivity contribution in [3.05, 3.63) is 304 Å². The number of hydrogen-bond acceptors (Lipinski definition) is 14. The molecule has 7 heterocycles. The Morgan fingerprint density at radius 3 is 1.52 bits per heavy atom. The molecule has 5 atom stereocenters. The molecular formula is C117H148F2O13S9+8. The van der Waals surface area contributed by atoms with E-state index in [1.54, 1.807) is 54.2 Å². The first kappa shape index (κ1) is 114. The van der Waals surface area contributed by atoms with E-state index in [1.807, 2.05) is 170 Å². The molecule has 141 heavy (non-hydrogen) atoms. The number of benzene rings is 9. The van der Waals surface area contributed by atoms with Crippen molar-refractivity contribution in [2.45, 2.75) is 198 Å². The third kappa shape index (κ3) is 35.1. The van der Waals surface area contributed by atoms with Crippen molar-refractivity contribution in [3.8, 4) is 5.75 Å². The van der Waals surface area contributed by atoms with Crippen LogP contribution in [0.2, 0.25) is 0 Å². The van der Waals surface area contributed by atoms with Gasteiger partial charge < -0.3 is 19.7 Å². The quantitative estimate of drug-likeness (QED) is 0.0235. The molecule has 2 aliphatic carbocycles. The van der Waals surface area contributed by atoms with E-state index in [2.05, 4.69) is 62.8 Å². The molecule has 0 aromatic heterocycles. The van der Waals surface area contributed by atoms with Gasteiger partial charge >= 0.3 is 11.2 Å². The molecule has 24 heteroatoms. The molecule has 5 unspecified atom stereocenters. The van der Waals surface area contributed by atoms with Crippen LogP contribution in [0.25, 0.3) is 0 Å². The molecule has 7 aliphatic heterocycles. The maximum Gasteiger partial charge on any atom is 0.474 e. The lowest BCUT2D eigenvalue weighted by Gasteiger charge is -2.27. The van der Waals surface area contributed by atoms with Crippen LogP contribution in [-0.4, -0.2) is 224 Å². The van der Waals surface area contributed by atoms with Crippen LogP contribution in [0.5, 0.6) is 5.75 Å². The van der Waals surface area contributed by atoms with Crippen molar-refractivity contribution in [1.82, 2.24) is 0 Å². The number of Topliss-reactive ketones (excluding diaryl/α,β-unsaturated/α-hetero) is 8. The van der Waals surface area contributed by atoms with Gasteiger partial charge in [-0.05, 0) is 233 Å². The number of aliphatic hydroxyl groups is 1. The summed E-state index contributed by atoms with van der Waals surface area (Å²) < 4.78 is 37.5. The Hall–Kier alpha value is -7.46. The predicted octanol–water partition coefficient (Wildman–Crippen LogP) is 22.8. The lowest BCUT2D eigenvalue weighted by molar-refractivity contribution is -0.140. The number of halogens is 2. The number of hydrogen-bond donors (Lipinski definition) is 2. The van der Waals surface area contributed by atoms with E-state index in [-0.39, 0.29) is 94.3 Å². The normalized spacial score (nSPS) is 19.0. The second-order valence-corrected chi connectivity index (χ2v) is 58.4. The Kier molecular flexibility index (Phi) is 48.4. The number of alkyl halides is 2. The van der Waals surface area contributed by atoms with E-state index in [9.17, 15) is 51.9 Å². The van der Waals surface area contributed by atoms with Gasteiger partial charge in [0.15, 0.2) is 32.5 Å². The number of phenols is 1. The monoisotopic (exact) mass is 2090 g/mol. The third-order valence-corrected chi connectivity index (χ3v) is 49.1. The third-order valence-electron chi connectivity index (χ3n) is 27.1. The molecule has 2 N–H and O–H groups in total. The van der Waals surface area contributed by atoms with Crippen molar-refractivity contribution in [2.24, 2.45) is 5.92 Å². The Bertz CT molecular complexity index is 5310. The second kappa shape index (κ2) is 60.0. The predicted molar refractivity (Wildman–Crippen MR) is 600 cm³/mol. The van der Waals surface area contributed by atoms with E-state index in [0.717, 1.165) is 89.2 Å². The van der Waals surface area contributed by atoms with Gasteiger partial charge in [0, 0.05) is 94.8 Å². The number of methoxy groups -OCH3 is 1. The number of ether oxygens (including phenoxy) is 2. The standard InChI is InChI=1S/C20H23OS2.C18H25OS.C16H21O2S.C14H17OS.C13H17O3S.C12H13F2OS.C12H14O2S.C12H17O2S/c1-20(2,23-14-6-7-15-23)19(21)16-10-12-18(13-11-16)22-17-8-4-3-5-9-17;19-17(15-9-3-1-4-10-15)18(20-13-7-8-14-20)16-11-5-2-6-12-16;1-13-4-6-14(7-5-13)15(17)16(8-9-18-12-16)19-10-2-3-11-19;15-14-12-6-2-1-5-11(12)7-8-13(14)16-9-3-4-10-16;1-16-13(15)8-9-17(2)10-12(14)11-6-4-3-5-7-11;13-12(14,16-8-4-5-9-16)11(15)10-6-2-1-3-7-10;13-11-5-3-10(4-6-11)12(14)9-15-7-1-2-8-15;1-2-15(9-8-13)10-12(14)11-6-4-3-5-7-11/h3-5,8-13H,6-7,14-15H2,1-2H3;1,3-4,9-10,16,18H,2,5-8,11-14H2;4-7H,2-3,8-12H2,1H3;1-2,5-6,13H,3-4,7-10H2;3-7H,8-10H2,1-2H3;1-3,6-7H,4-5,8-9H2;3-6H,1-2,7-9H2;3-7,13H,2,8-10H2,1H3/q6*+1;;+1/p+1. The molecule has 7 saturated heterocycles. The minimum Gasteiger partial charge on any atom is -0.508 e. The van der Waals surface area contributed by atoms with Crippen LogP contribution in [-0.2, 0) is 108 Å². The first-order chi connectivity index (χ1) is 68.3. The number of rotatable bonds is 31. The molecule has 0 spiro atoms. The second-order valence-electron chi connectivity index (χ2n) is 37.6. The maximum atomic E-state index is 13.9. The van der Waals surface area contributed by atoms with Gasteiger partial charge in [0.05, 0.1) is 43.9 Å². The Morgan fingerprint density at radius 1 is 0.504 bits per heavy atom. The first-order valence-corrected chi connectivity index (χ1v) is 64.6. The zero-order valence-corrected chi connectivity index (χ0v) is 90.8. The highest BCUT2D eigenvalue weighted by molar-refractivity contribution is 8.01. The van der Waals surface area contributed by atoms with Crippen molar-refractivity contribution in [1.29, 1.82) is 0 Å². The molecule has 9 aromatic carbocycles. The lowest BCUT2D eigenvalue weighted by Crippen LogP contribution is -2.48. The molecular weight excluding hydrogens is 1940 g/mol. The number of aryl methyl sites for hydroxylation is 2. The molecule has 9 aromatic rings. The van der Waals surface area contributed by atoms with Gasteiger partial charge in [0.25, 0.3) is 5.78 Å². The Balaban J connectivity index is 0.000000155. The highest BCUT2D eigenvalue weighted by atomic mass is 32.2. The number of ketones is 8. The van der Waals surface area contributed by atoms with E-state index >= 15 is 0 Å². The fourth-order valence-electron chi connectivity index (χ4n) is 18.9. The van der Waals surface area contributed by atoms with Gasteiger partial charge in [-0.25, -0.2) is 0 Å². The van der Waals surface area contributed by atoms with Crippen molar-refractivity contribution in [2.75, 3.05) is 137 Å². The van der Waals surface area contributed by atoms with Crippen LogP contribution in [0.15, 0.2) is 259 Å². The molecule has 0 radical (unpaired) electrons. The van der Waals surface area contributed by atoms with Gasteiger partial charge in [-0.2, -0.15) is 0 Å². The smallest absolute Gasteiger partial charge is 0.474 e. The van der Waals surface area contributed by atoms with Crippen LogP contribution in [0, 0.1) is 12.8 Å². The average molecular weight is 2090 g/mol. The first-order valence-electron chi connectivity index (χ1n) is 50.5. The van der Waals surface area contributed by atoms with Crippen LogP contribution in [0.3, 0.4) is 0 Å². The number of aliphatic hydroxyl groups excluding tert-OH is 1. The number of esters is 1. The average Bonchev–Trinajstić information content (AvgIpc) is 1.62. The zero-order valence-electron chi connectivity index (χ0n) is 83.4. The van der Waals surface area contributed by atoms with Crippen LogP contribution >= 0.6 is 11.8 Å². The molecule has 9 aliphatic rings. The Morgan fingerprint density at radius 2 is 0.972 bits per heavy atom. The summed E-state index contributed by atoms with van der Waals surface area (Å²) in [4.78, 5) is 112. The molecule has 1 saturated carbocycles. The number of phenolic OH excluding ortho intramolecular Hbond substituents is 1. The molecule has 0 bridgehead atoms. The summed E-state index contributed by atoms with van der Waals surface area (Å²) in [5, 5.41) is 15.5. The summed E-state index contributed by atoms with van der Waals surface area (Å²) in [5.41, 5.74) is 8.52. The minimum atomic E-state index is -3.17. The fraction of sp³-hybridized carbons (Fsp3) is 0.462. The molecule has 8 fully saturated rings. The molecule has 13 nitrogen and oxygen atoms in total. The van der Waals surface area contributed by atoms with E-state index in [1.165, 1.54) is 194 Å². The summed E-state index contributed by atoms with van der Waals surface area (Å²) in [6.07, 6.45) is 26.8. The SMILES string of the molecule is CC(C)(C(=O)c1ccc(Sc2ccccc2)cc1)[S+]1CCCC1.CC[S+](CCO)CC(=O)c1ccccc1.COC(=O)CC[S+](C)CC(=O)c1ccccc1.Cc1ccc(C(=O)C2([S+]3CCCC3)CCOC2)cc1.O=C(C[S+]1CCCC1)c1ccc(O)cc1.O=C(c1ccccc1)C(C1CCCCC1)[S+]1CCCC1.O=C(c1ccccc1)C(F)(F)[S+]1CCCC1.O=C1c2ccccc2CCC1[S+]1CCCC1. The van der Waals surface area contributed by atoms with Crippen molar-refractivity contribution in [3.63, 3.8) is 0 Å². The summed E-state index contributed by atoms with van der Waals surface area (Å²) in [5.74, 6) is 19.5. The highest BCUT2D eigenvalue weighted by Gasteiger charge is 2.59. The van der Waals surface area contributed by atoms with E-state index in [0.29, 0.717) is 120 Å². The lowest BCUT2D eigenvalue weighted by atomic mass is 9.84. The van der Waals surface area contributed by atoms with E-state index < -0.39 is 21.9 Å². The van der Waals surface area contributed by atoms with Crippen LogP contribution in [0.4, 0.5) is 8.78 Å². The molecule has 18 rings (SSSR count). The topological polar surface area (TPSA) is 213 Å². The number of aromatic hydroxyl groups is 1. The van der Waals surface area contributed by atoms with Gasteiger partial charge in [-0.15, -0.1) is 8.78 Å². The summed E-state index contributed by atoms with van der Waals surface area (Å²) in [6, 6.07) is 77.7. The van der Waals surface area contributed by atoms with E-state index in [4.69, 9.17) is 14.9 Å². The summed E-state index contributed by atoms with van der Waals surface area (Å²) in [7, 11) is 1.84. The van der Waals surface area contributed by atoms with Gasteiger partial charge in [0.2, 0.25) is 45.2 Å². The Labute approximate surface area is 865 Å². The molecule has 0 amide bonds. The number of fused-ring (bicyclic) bond motifs is 1. The largest absolute Gasteiger partial charge is 0.508 e. The summed E-state index contributed by atoms with van der Waals surface area (Å²) in [6.45, 7) is 9.97. The maximum absolute atomic E-state index is 13.9. The number of carbonyl (C=O) groups excluding carboxylic acids is 9. The summed E-state index contributed by atoms with van der Waals surface area (Å²) >= 11 is 1.73. The minimum absolute atomic E-state index is 0.0384. The van der Waals surface area contributed by atoms with Gasteiger partial charge in [-0.3, -0.25) is 43.2 Å². The van der Waals surface area contributed by atoms with Gasteiger partial charge in [0.1, 0.15) is 98.6 Å². The van der Waals surface area contributed by atoms with Crippen LogP contribution < -0.4 is 0 Å². The van der Waals surface area contributed by atoms with Gasteiger partial charge in [-0.1, -0.05) is 237 Å². The molecule has 754 valence electrons. The number of carbonyl (C=O) groups is 9. The fourth-order valence-corrected chi connectivity index (χ4v) is 38.7. The van der Waals surface area contributed by atoms with Crippen LogP contribution in [0.1, 0.15) is 243 Å². The highest BCUT2D eigenvalue weighted by Crippen LogP contribution is 2.41. The van der Waals surface area contributed by atoms with Crippen molar-refractivity contribution >= 4 is 151 Å².